The van der Waals surface area contributed by atoms with Gasteiger partial charge < -0.3 is 20.2 Å². The van der Waals surface area contributed by atoms with Crippen LogP contribution in [0.3, 0.4) is 0 Å². The summed E-state index contributed by atoms with van der Waals surface area (Å²) < 4.78 is 6.84. The quantitative estimate of drug-likeness (QED) is 0.529. The van der Waals surface area contributed by atoms with E-state index < -0.39 is 4.92 Å². The maximum Gasteiger partial charge on any atom is 0.372 e. The highest BCUT2D eigenvalue weighted by molar-refractivity contribution is 7.15. The van der Waals surface area contributed by atoms with Gasteiger partial charge in [0.1, 0.15) is 6.20 Å². The van der Waals surface area contributed by atoms with Gasteiger partial charge in [0.25, 0.3) is 4.96 Å². The smallest absolute Gasteiger partial charge is 0.372 e. The van der Waals surface area contributed by atoms with Crippen molar-refractivity contribution in [3.05, 3.63) is 57.1 Å². The third-order valence-electron chi connectivity index (χ3n) is 3.37. The molecular weight excluding hydrogens is 316 g/mol. The van der Waals surface area contributed by atoms with Crippen molar-refractivity contribution in [1.29, 1.82) is 0 Å². The molecule has 1 N–H and O–H groups in total. The Kier molecular flexibility index (Phi) is 4.54. The number of anilines is 1. The lowest BCUT2D eigenvalue weighted by Gasteiger charge is -2.06. The number of hydrogen-bond donors (Lipinski definition) is 1. The zero-order chi connectivity index (χ0) is 16.2. The van der Waals surface area contributed by atoms with Gasteiger partial charge in [-0.3, -0.25) is 0 Å². The Hall–Kier alpha value is -2.45. The molecule has 0 amide bonds. The summed E-state index contributed by atoms with van der Waals surface area (Å²) in [6.07, 6.45) is 1.65. The Balaban J connectivity index is 1.72. The van der Waals surface area contributed by atoms with E-state index in [2.05, 4.69) is 10.3 Å². The van der Waals surface area contributed by atoms with Gasteiger partial charge in [-0.2, -0.15) is 9.38 Å². The summed E-state index contributed by atoms with van der Waals surface area (Å²) in [7, 11) is 0. The van der Waals surface area contributed by atoms with Crippen molar-refractivity contribution in [3.63, 3.8) is 0 Å². The molecule has 0 radical (unpaired) electrons. The van der Waals surface area contributed by atoms with E-state index in [9.17, 15) is 10.1 Å². The van der Waals surface area contributed by atoms with Crippen molar-refractivity contribution in [2.24, 2.45) is 0 Å². The molecule has 23 heavy (non-hydrogen) atoms. The van der Waals surface area contributed by atoms with Crippen LogP contribution in [0.25, 0.3) is 4.96 Å². The molecule has 1 aromatic carbocycles. The fourth-order valence-electron chi connectivity index (χ4n) is 2.23. The molecule has 0 fully saturated rings. The Morgan fingerprint density at radius 1 is 1.35 bits per heavy atom. The minimum atomic E-state index is -0.416. The predicted octanol–water partition coefficient (Wildman–Crippen LogP) is 3.45. The van der Waals surface area contributed by atoms with Gasteiger partial charge in [-0.05, 0) is 23.0 Å². The first-order valence-corrected chi connectivity index (χ1v) is 8.06. The highest BCUT2D eigenvalue weighted by Gasteiger charge is 2.23. The maximum atomic E-state index is 11.2. The Labute approximate surface area is 136 Å². The van der Waals surface area contributed by atoms with Crippen molar-refractivity contribution in [1.82, 2.24) is 9.38 Å². The number of hydrogen-bond acceptors (Lipinski definition) is 6. The molecule has 0 saturated carbocycles. The summed E-state index contributed by atoms with van der Waals surface area (Å²) in [5.41, 5.74) is 2.12. The van der Waals surface area contributed by atoms with Crippen LogP contribution in [0.2, 0.25) is 0 Å². The molecule has 0 atom stereocenters. The molecule has 0 aliphatic carbocycles. The molecule has 3 aromatic rings. The largest absolute Gasteiger partial charge is 0.377 e. The second-order valence-electron chi connectivity index (χ2n) is 4.90. The zero-order valence-corrected chi connectivity index (χ0v) is 13.4. The number of nitro groups is 1. The second-order valence-corrected chi connectivity index (χ2v) is 5.78. The van der Waals surface area contributed by atoms with E-state index >= 15 is 0 Å². The fourth-order valence-corrected chi connectivity index (χ4v) is 2.94. The van der Waals surface area contributed by atoms with Gasteiger partial charge in [-0.15, -0.1) is 0 Å². The van der Waals surface area contributed by atoms with E-state index in [1.807, 2.05) is 31.2 Å². The summed E-state index contributed by atoms with van der Waals surface area (Å²) in [6.45, 7) is 3.71. The topological polar surface area (TPSA) is 81.7 Å². The summed E-state index contributed by atoms with van der Waals surface area (Å²) in [5, 5.41) is 16.1. The average molecular weight is 332 g/mol. The third kappa shape index (κ3) is 3.33. The normalized spacial score (nSPS) is 11.0. The SMILES string of the molecule is CCOCc1ccc(CNc2nc3sccn3c2[N+](=O)[O-])cc1. The first-order valence-electron chi connectivity index (χ1n) is 7.18. The molecular formula is C15H16N4O3S. The van der Waals surface area contributed by atoms with Crippen molar-refractivity contribution >= 4 is 27.9 Å². The van der Waals surface area contributed by atoms with Crippen LogP contribution in [-0.4, -0.2) is 20.9 Å². The van der Waals surface area contributed by atoms with E-state index in [-0.39, 0.29) is 5.82 Å². The van der Waals surface area contributed by atoms with Crippen molar-refractivity contribution < 1.29 is 9.66 Å². The predicted molar refractivity (Wildman–Crippen MR) is 88.8 cm³/mol. The standard InChI is InChI=1S/C15H16N4O3S/c1-2-22-10-12-5-3-11(4-6-12)9-16-13-14(19(20)21)18-7-8-23-15(18)17-13/h3-8,16H,2,9-10H2,1H3. The van der Waals surface area contributed by atoms with Crippen LogP contribution in [0.5, 0.6) is 0 Å². The van der Waals surface area contributed by atoms with Crippen LogP contribution in [0.1, 0.15) is 18.1 Å². The molecule has 0 spiro atoms. The summed E-state index contributed by atoms with van der Waals surface area (Å²) >= 11 is 1.36. The van der Waals surface area contributed by atoms with Gasteiger partial charge in [0.2, 0.25) is 5.82 Å². The molecule has 3 rings (SSSR count). The Morgan fingerprint density at radius 2 is 2.09 bits per heavy atom. The van der Waals surface area contributed by atoms with Gasteiger partial charge in [-0.1, -0.05) is 35.6 Å². The number of nitrogens with zero attached hydrogens (tertiary/aromatic N) is 3. The molecule has 0 aliphatic rings. The van der Waals surface area contributed by atoms with Crippen molar-refractivity contribution in [3.8, 4) is 0 Å². The van der Waals surface area contributed by atoms with E-state index in [4.69, 9.17) is 4.74 Å². The molecule has 0 saturated heterocycles. The number of aromatic nitrogens is 2. The molecule has 2 heterocycles. The van der Waals surface area contributed by atoms with Crippen LogP contribution < -0.4 is 5.32 Å². The van der Waals surface area contributed by atoms with E-state index in [1.54, 1.807) is 11.6 Å². The average Bonchev–Trinajstić information content (AvgIpc) is 3.11. The number of ether oxygens (including phenoxy) is 1. The molecule has 0 bridgehead atoms. The molecule has 7 nitrogen and oxygen atoms in total. The minimum Gasteiger partial charge on any atom is -0.377 e. The number of fused-ring (bicyclic) bond motifs is 1. The maximum absolute atomic E-state index is 11.2. The second kappa shape index (κ2) is 6.76. The van der Waals surface area contributed by atoms with Gasteiger partial charge in [-0.25, -0.2) is 0 Å². The van der Waals surface area contributed by atoms with Gasteiger partial charge >= 0.3 is 5.82 Å². The number of thiazole rings is 1. The zero-order valence-electron chi connectivity index (χ0n) is 12.6. The fraction of sp³-hybridized carbons (Fsp3) is 0.267. The summed E-state index contributed by atoms with van der Waals surface area (Å²) in [4.78, 5) is 15.7. The van der Waals surface area contributed by atoms with Gasteiger partial charge in [0, 0.05) is 18.5 Å². The van der Waals surface area contributed by atoms with Crippen LogP contribution in [0.4, 0.5) is 11.6 Å². The number of nitrogens with one attached hydrogen (secondary N) is 1. The van der Waals surface area contributed by atoms with Crippen LogP contribution >= 0.6 is 11.3 Å². The molecule has 120 valence electrons. The van der Waals surface area contributed by atoms with E-state index in [1.165, 1.54) is 15.7 Å². The first-order chi connectivity index (χ1) is 11.2. The molecule has 8 heteroatoms. The highest BCUT2D eigenvalue weighted by Crippen LogP contribution is 2.28. The number of rotatable bonds is 7. The molecule has 0 aliphatic heterocycles. The van der Waals surface area contributed by atoms with Crippen LogP contribution in [-0.2, 0) is 17.9 Å². The number of imidazole rings is 1. The van der Waals surface area contributed by atoms with E-state index in [0.29, 0.717) is 30.5 Å². The third-order valence-corrected chi connectivity index (χ3v) is 4.12. The number of benzene rings is 1. The monoisotopic (exact) mass is 332 g/mol. The molecule has 0 unspecified atom stereocenters. The Morgan fingerprint density at radius 3 is 2.78 bits per heavy atom. The first kappa shape index (κ1) is 15.4. The lowest BCUT2D eigenvalue weighted by Crippen LogP contribution is -2.03. The summed E-state index contributed by atoms with van der Waals surface area (Å²) in [6, 6.07) is 7.94. The van der Waals surface area contributed by atoms with Crippen LogP contribution in [0, 0.1) is 10.1 Å². The Bertz CT molecular complexity index is 810. The van der Waals surface area contributed by atoms with Crippen LogP contribution in [0.15, 0.2) is 35.8 Å². The van der Waals surface area contributed by atoms with E-state index in [0.717, 1.165) is 11.1 Å². The lowest BCUT2D eigenvalue weighted by atomic mass is 10.1. The lowest BCUT2D eigenvalue weighted by molar-refractivity contribution is -0.389. The minimum absolute atomic E-state index is 0.0331. The van der Waals surface area contributed by atoms with Gasteiger partial charge in [0.05, 0.1) is 6.61 Å². The van der Waals surface area contributed by atoms with Crippen molar-refractivity contribution in [2.75, 3.05) is 11.9 Å². The van der Waals surface area contributed by atoms with Gasteiger partial charge in [0.15, 0.2) is 0 Å². The molecule has 2 aromatic heterocycles. The van der Waals surface area contributed by atoms with Crippen molar-refractivity contribution in [2.45, 2.75) is 20.1 Å². The highest BCUT2D eigenvalue weighted by atomic mass is 32.1. The summed E-state index contributed by atoms with van der Waals surface area (Å²) in [5.74, 6) is 0.259.